The predicted molar refractivity (Wildman–Crippen MR) is 112 cm³/mol. The smallest absolute Gasteiger partial charge is 0.220 e. The number of pyridine rings is 2. The van der Waals surface area contributed by atoms with Crippen molar-refractivity contribution >= 4 is 17.4 Å². The van der Waals surface area contributed by atoms with Crippen molar-refractivity contribution in [3.63, 3.8) is 0 Å². The van der Waals surface area contributed by atoms with Crippen LogP contribution in [0.2, 0.25) is 0 Å². The van der Waals surface area contributed by atoms with Gasteiger partial charge < -0.3 is 11.5 Å². The van der Waals surface area contributed by atoms with Crippen LogP contribution in [0.5, 0.6) is 0 Å². The number of carbonyl (C=O) groups excluding carboxylic acids is 1. The molecule has 0 aliphatic heterocycles. The molecule has 0 spiro atoms. The van der Waals surface area contributed by atoms with Crippen molar-refractivity contribution in [2.24, 2.45) is 0 Å². The van der Waals surface area contributed by atoms with E-state index in [4.69, 9.17) is 11.5 Å². The van der Waals surface area contributed by atoms with Gasteiger partial charge >= 0.3 is 0 Å². The lowest BCUT2D eigenvalue weighted by molar-refractivity contribution is 0.0989. The van der Waals surface area contributed by atoms with Crippen LogP contribution in [0, 0.1) is 11.6 Å². The van der Waals surface area contributed by atoms with E-state index in [1.165, 1.54) is 30.6 Å². The fourth-order valence-electron chi connectivity index (χ4n) is 3.17. The highest BCUT2D eigenvalue weighted by atomic mass is 19.1. The van der Waals surface area contributed by atoms with E-state index in [1.54, 1.807) is 18.3 Å². The van der Waals surface area contributed by atoms with E-state index < -0.39 is 17.4 Å². The number of anilines is 2. The molecule has 0 atom stereocenters. The molecule has 3 heterocycles. The Labute approximate surface area is 175 Å². The van der Waals surface area contributed by atoms with Crippen LogP contribution in [0.15, 0.2) is 61.1 Å². The van der Waals surface area contributed by atoms with Crippen LogP contribution < -0.4 is 11.5 Å². The fraction of sp³-hybridized carbons (Fsp3) is 0.0455. The molecule has 7 nitrogen and oxygen atoms in total. The number of aromatic nitrogens is 4. The molecule has 0 radical (unpaired) electrons. The van der Waals surface area contributed by atoms with Crippen LogP contribution in [0.4, 0.5) is 20.4 Å². The number of hydrogen-bond acceptors (Lipinski definition) is 7. The van der Waals surface area contributed by atoms with Crippen molar-refractivity contribution < 1.29 is 13.6 Å². The molecule has 0 fully saturated rings. The van der Waals surface area contributed by atoms with Gasteiger partial charge in [-0.2, -0.15) is 0 Å². The van der Waals surface area contributed by atoms with Crippen molar-refractivity contribution in [1.29, 1.82) is 0 Å². The predicted octanol–water partition coefficient (Wildman–Crippen LogP) is 3.47. The third-order valence-electron chi connectivity index (χ3n) is 4.61. The molecular formula is C22H16F2N6O. The molecule has 3 aromatic heterocycles. The molecule has 0 unspecified atom stereocenters. The van der Waals surface area contributed by atoms with Gasteiger partial charge in [0.05, 0.1) is 22.6 Å². The second-order valence-electron chi connectivity index (χ2n) is 6.66. The average molecular weight is 418 g/mol. The summed E-state index contributed by atoms with van der Waals surface area (Å²) in [7, 11) is 0. The zero-order valence-electron chi connectivity index (χ0n) is 16.1. The molecular weight excluding hydrogens is 402 g/mol. The van der Waals surface area contributed by atoms with E-state index in [9.17, 15) is 13.6 Å². The molecule has 0 bridgehead atoms. The number of nitrogens with zero attached hydrogens (tertiary/aromatic N) is 4. The minimum absolute atomic E-state index is 0.0249. The fourth-order valence-corrected chi connectivity index (χ4v) is 3.17. The lowest BCUT2D eigenvalue weighted by Crippen LogP contribution is -2.11. The van der Waals surface area contributed by atoms with Gasteiger partial charge in [-0.15, -0.1) is 0 Å². The summed E-state index contributed by atoms with van der Waals surface area (Å²) < 4.78 is 28.3. The minimum Gasteiger partial charge on any atom is -0.397 e. The van der Waals surface area contributed by atoms with Crippen LogP contribution in [-0.4, -0.2) is 25.7 Å². The molecule has 31 heavy (non-hydrogen) atoms. The molecule has 0 saturated heterocycles. The van der Waals surface area contributed by atoms with Crippen molar-refractivity contribution in [3.05, 3.63) is 83.9 Å². The van der Waals surface area contributed by atoms with Gasteiger partial charge in [0.2, 0.25) is 5.95 Å². The first-order chi connectivity index (χ1) is 14.9. The Bertz CT molecular complexity index is 1270. The first-order valence-electron chi connectivity index (χ1n) is 9.20. The second kappa shape index (κ2) is 8.23. The number of carbonyl (C=O) groups is 1. The maximum atomic E-state index is 14.2. The lowest BCUT2D eigenvalue weighted by atomic mass is 10.00. The number of nitrogen functional groups attached to an aromatic ring is 2. The molecule has 4 N–H and O–H groups in total. The van der Waals surface area contributed by atoms with Gasteiger partial charge in [-0.25, -0.2) is 23.7 Å². The van der Waals surface area contributed by atoms with Crippen molar-refractivity contribution in [2.75, 3.05) is 11.5 Å². The van der Waals surface area contributed by atoms with Crippen molar-refractivity contribution in [3.8, 4) is 22.5 Å². The Morgan fingerprint density at radius 1 is 0.903 bits per heavy atom. The zero-order chi connectivity index (χ0) is 22.0. The summed E-state index contributed by atoms with van der Waals surface area (Å²) in [5.74, 6) is -1.91. The Balaban J connectivity index is 1.71. The van der Waals surface area contributed by atoms with Gasteiger partial charge in [0.25, 0.3) is 0 Å². The van der Waals surface area contributed by atoms with Gasteiger partial charge in [-0.05, 0) is 42.0 Å². The molecule has 1 aromatic carbocycles. The molecule has 0 amide bonds. The van der Waals surface area contributed by atoms with Gasteiger partial charge in [0, 0.05) is 30.6 Å². The van der Waals surface area contributed by atoms with Crippen LogP contribution in [0.3, 0.4) is 0 Å². The first kappa shape index (κ1) is 20.0. The normalized spacial score (nSPS) is 10.8. The summed E-state index contributed by atoms with van der Waals surface area (Å²) in [6, 6.07) is 9.62. The van der Waals surface area contributed by atoms with Crippen LogP contribution in [0.1, 0.15) is 16.1 Å². The van der Waals surface area contributed by atoms with Crippen LogP contribution in [-0.2, 0) is 6.42 Å². The van der Waals surface area contributed by atoms with E-state index >= 15 is 0 Å². The summed E-state index contributed by atoms with van der Waals surface area (Å²) in [6.07, 6.45) is 4.50. The van der Waals surface area contributed by atoms with Gasteiger partial charge in [0.1, 0.15) is 17.3 Å². The average Bonchev–Trinajstić information content (AvgIpc) is 2.75. The molecule has 154 valence electrons. The summed E-state index contributed by atoms with van der Waals surface area (Å²) in [5, 5.41) is 0. The summed E-state index contributed by atoms with van der Waals surface area (Å²) in [6.45, 7) is 0. The van der Waals surface area contributed by atoms with Gasteiger partial charge in [0.15, 0.2) is 5.78 Å². The maximum absolute atomic E-state index is 14.2. The number of rotatable bonds is 5. The van der Waals surface area contributed by atoms with Crippen LogP contribution in [0.25, 0.3) is 22.5 Å². The molecule has 9 heteroatoms. The number of benzene rings is 1. The van der Waals surface area contributed by atoms with Gasteiger partial charge in [-0.3, -0.25) is 9.78 Å². The van der Waals surface area contributed by atoms with E-state index in [-0.39, 0.29) is 35.0 Å². The quantitative estimate of drug-likeness (QED) is 0.476. The molecule has 0 saturated carbocycles. The number of halogens is 2. The van der Waals surface area contributed by atoms with E-state index in [1.807, 2.05) is 0 Å². The SMILES string of the molecule is Nc1nccc(-c2ccncc2CC(=O)c2nc(-c3c(F)cccc3F)ccc2N)n1. The highest BCUT2D eigenvalue weighted by Crippen LogP contribution is 2.27. The Morgan fingerprint density at radius 2 is 1.68 bits per heavy atom. The number of nitrogens with two attached hydrogens (primary N) is 2. The van der Waals surface area contributed by atoms with Crippen molar-refractivity contribution in [1.82, 2.24) is 19.9 Å². The molecule has 0 aliphatic rings. The summed E-state index contributed by atoms with van der Waals surface area (Å²) in [4.78, 5) is 29.3. The van der Waals surface area contributed by atoms with E-state index in [0.717, 1.165) is 12.1 Å². The third-order valence-corrected chi connectivity index (χ3v) is 4.61. The Kier molecular flexibility index (Phi) is 5.31. The van der Waals surface area contributed by atoms with Crippen LogP contribution >= 0.6 is 0 Å². The number of hydrogen-bond donors (Lipinski definition) is 2. The summed E-state index contributed by atoms with van der Waals surface area (Å²) >= 11 is 0. The molecule has 4 aromatic rings. The topological polar surface area (TPSA) is 121 Å². The standard InChI is InChI=1S/C22H16F2N6O/c23-14-2-1-3-15(24)20(14)18-5-4-16(25)21(29-18)19(31)10-12-11-27-8-6-13(12)17-7-9-28-22(26)30-17/h1-9,11H,10,25H2,(H2,26,28,30). The highest BCUT2D eigenvalue weighted by Gasteiger charge is 2.19. The van der Waals surface area contributed by atoms with E-state index in [0.29, 0.717) is 16.8 Å². The highest BCUT2D eigenvalue weighted by molar-refractivity contribution is 6.01. The Morgan fingerprint density at radius 3 is 2.42 bits per heavy atom. The second-order valence-corrected chi connectivity index (χ2v) is 6.66. The lowest BCUT2D eigenvalue weighted by Gasteiger charge is -2.11. The summed E-state index contributed by atoms with van der Waals surface area (Å²) in [5.41, 5.74) is 13.0. The monoisotopic (exact) mass is 418 g/mol. The molecule has 4 rings (SSSR count). The zero-order valence-corrected chi connectivity index (χ0v) is 16.1. The Hall–Kier alpha value is -4.27. The van der Waals surface area contributed by atoms with Crippen molar-refractivity contribution in [2.45, 2.75) is 6.42 Å². The minimum atomic E-state index is -0.786. The number of ketones is 1. The largest absolute Gasteiger partial charge is 0.397 e. The van der Waals surface area contributed by atoms with Gasteiger partial charge in [-0.1, -0.05) is 6.07 Å². The molecule has 0 aliphatic carbocycles. The number of Topliss-reactive ketones (excluding diaryl/α,β-unsaturated/α-hetero) is 1. The first-order valence-corrected chi connectivity index (χ1v) is 9.20. The maximum Gasteiger partial charge on any atom is 0.220 e. The van der Waals surface area contributed by atoms with E-state index in [2.05, 4.69) is 19.9 Å². The third kappa shape index (κ3) is 4.06.